The minimum Gasteiger partial charge on any atom is -0.412 e. The molecule has 0 aromatic rings. The molecule has 0 saturated heterocycles. The highest BCUT2D eigenvalue weighted by atomic mass is 32.2. The zero-order valence-corrected chi connectivity index (χ0v) is 16.2. The average molecular weight is 315 g/mol. The van der Waals surface area contributed by atoms with Crippen LogP contribution in [-0.2, 0) is 4.43 Å². The van der Waals surface area contributed by atoms with Crippen LogP contribution in [0.25, 0.3) is 0 Å². The fourth-order valence-electron chi connectivity index (χ4n) is 3.63. The van der Waals surface area contributed by atoms with Crippen molar-refractivity contribution in [3.63, 3.8) is 0 Å². The summed E-state index contributed by atoms with van der Waals surface area (Å²) in [7, 11) is -1.52. The molecule has 1 aliphatic rings. The van der Waals surface area contributed by atoms with E-state index in [1.165, 1.54) is 44.9 Å². The molecule has 0 amide bonds. The Hall–Kier alpha value is 0.267. The fourth-order valence-corrected chi connectivity index (χ4v) is 6.05. The summed E-state index contributed by atoms with van der Waals surface area (Å²) in [5.41, 5.74) is 0.129. The van der Waals surface area contributed by atoms with E-state index in [1.807, 2.05) is 11.8 Å². The molecule has 1 nitrogen and oxygen atoms in total. The van der Waals surface area contributed by atoms with Gasteiger partial charge < -0.3 is 4.43 Å². The molecule has 0 heterocycles. The van der Waals surface area contributed by atoms with Crippen LogP contribution in [0.1, 0.15) is 58.8 Å². The van der Waals surface area contributed by atoms with Crippen molar-refractivity contribution in [3.8, 4) is 0 Å². The van der Waals surface area contributed by atoms with Crippen LogP contribution >= 0.6 is 11.8 Å². The SMILES string of the molecule is C/C=C(\SC)[C@H]1CCCC[C@]1(CCCC)O[Si](C)(C)C. The predicted molar refractivity (Wildman–Crippen MR) is 95.9 cm³/mol. The third kappa shape index (κ3) is 4.92. The first kappa shape index (κ1) is 18.3. The Kier molecular flexibility index (Phi) is 7.37. The second-order valence-corrected chi connectivity index (χ2v) is 12.4. The molecular weight excluding hydrogens is 280 g/mol. The van der Waals surface area contributed by atoms with E-state index in [0.29, 0.717) is 5.92 Å². The van der Waals surface area contributed by atoms with Crippen LogP contribution in [0.15, 0.2) is 11.0 Å². The number of allylic oxidation sites excluding steroid dienone is 1. The van der Waals surface area contributed by atoms with E-state index in [2.05, 4.69) is 45.8 Å². The van der Waals surface area contributed by atoms with Crippen molar-refractivity contribution in [2.24, 2.45) is 5.92 Å². The highest BCUT2D eigenvalue weighted by Crippen LogP contribution is 2.47. The van der Waals surface area contributed by atoms with Crippen molar-refractivity contribution in [1.29, 1.82) is 0 Å². The molecule has 0 radical (unpaired) electrons. The molecule has 118 valence electrons. The molecule has 3 heteroatoms. The summed E-state index contributed by atoms with van der Waals surface area (Å²) in [6, 6.07) is 0. The van der Waals surface area contributed by atoms with Gasteiger partial charge in [-0.05, 0) is 57.0 Å². The molecular formula is C17H34OSSi. The maximum absolute atomic E-state index is 6.85. The van der Waals surface area contributed by atoms with Crippen LogP contribution in [0, 0.1) is 5.92 Å². The third-order valence-electron chi connectivity index (χ3n) is 4.30. The highest BCUT2D eigenvalue weighted by Gasteiger charge is 2.44. The third-order valence-corrected chi connectivity index (χ3v) is 6.31. The van der Waals surface area contributed by atoms with Crippen LogP contribution < -0.4 is 0 Å². The first-order chi connectivity index (χ1) is 9.38. The standard InChI is InChI=1S/C17H34OSSi/c1-7-9-13-17(18-20(4,5)6)14-11-10-12-15(17)16(8-2)19-3/h8,15H,7,9-14H2,1-6H3/b16-8-/t15-,17+/m1/s1. The summed E-state index contributed by atoms with van der Waals surface area (Å²) in [4.78, 5) is 1.55. The van der Waals surface area contributed by atoms with E-state index in [4.69, 9.17) is 4.43 Å². The maximum Gasteiger partial charge on any atom is 0.184 e. The van der Waals surface area contributed by atoms with Crippen molar-refractivity contribution < 1.29 is 4.43 Å². The summed E-state index contributed by atoms with van der Waals surface area (Å²) >= 11 is 1.93. The van der Waals surface area contributed by atoms with Gasteiger partial charge in [-0.3, -0.25) is 0 Å². The quantitative estimate of drug-likeness (QED) is 0.516. The molecule has 1 rings (SSSR count). The van der Waals surface area contributed by atoms with Gasteiger partial charge in [-0.15, -0.1) is 11.8 Å². The van der Waals surface area contributed by atoms with Crippen LogP contribution in [0.2, 0.25) is 19.6 Å². The van der Waals surface area contributed by atoms with E-state index in [0.717, 1.165) is 0 Å². The topological polar surface area (TPSA) is 9.23 Å². The molecule has 0 N–H and O–H groups in total. The van der Waals surface area contributed by atoms with Crippen molar-refractivity contribution >= 4 is 20.1 Å². The molecule has 2 atom stereocenters. The van der Waals surface area contributed by atoms with E-state index >= 15 is 0 Å². The molecule has 0 bridgehead atoms. The Morgan fingerprint density at radius 3 is 2.55 bits per heavy atom. The molecule has 20 heavy (non-hydrogen) atoms. The normalized spacial score (nSPS) is 28.7. The van der Waals surface area contributed by atoms with Crippen molar-refractivity contribution in [2.45, 2.75) is 84.0 Å². The lowest BCUT2D eigenvalue weighted by molar-refractivity contribution is -0.0224. The van der Waals surface area contributed by atoms with Gasteiger partial charge in [0.2, 0.25) is 0 Å². The van der Waals surface area contributed by atoms with Crippen molar-refractivity contribution in [3.05, 3.63) is 11.0 Å². The average Bonchev–Trinajstić information content (AvgIpc) is 2.38. The van der Waals surface area contributed by atoms with Crippen molar-refractivity contribution in [2.75, 3.05) is 6.26 Å². The minimum atomic E-state index is -1.52. The zero-order valence-electron chi connectivity index (χ0n) is 14.4. The highest BCUT2D eigenvalue weighted by molar-refractivity contribution is 8.02. The van der Waals surface area contributed by atoms with Gasteiger partial charge in [-0.2, -0.15) is 0 Å². The summed E-state index contributed by atoms with van der Waals surface area (Å²) in [6.07, 6.45) is 13.7. The lowest BCUT2D eigenvalue weighted by Gasteiger charge is -2.48. The number of thioether (sulfide) groups is 1. The summed E-state index contributed by atoms with van der Waals surface area (Å²) < 4.78 is 6.85. The molecule has 1 aliphatic carbocycles. The van der Waals surface area contributed by atoms with Gasteiger partial charge in [-0.1, -0.05) is 38.7 Å². The predicted octanol–water partition coefficient (Wildman–Crippen LogP) is 6.22. The smallest absolute Gasteiger partial charge is 0.184 e. The molecule has 1 fully saturated rings. The van der Waals surface area contributed by atoms with Gasteiger partial charge >= 0.3 is 0 Å². The number of unbranched alkanes of at least 4 members (excludes halogenated alkanes) is 1. The Bertz CT molecular complexity index is 321. The van der Waals surface area contributed by atoms with Crippen LogP contribution in [0.3, 0.4) is 0 Å². The Balaban J connectivity index is 3.06. The van der Waals surface area contributed by atoms with Gasteiger partial charge in [0.25, 0.3) is 0 Å². The van der Waals surface area contributed by atoms with Crippen LogP contribution in [0.4, 0.5) is 0 Å². The second kappa shape index (κ2) is 8.05. The lowest BCUT2D eigenvalue weighted by atomic mass is 9.72. The molecule has 0 aromatic carbocycles. The number of rotatable bonds is 7. The first-order valence-corrected chi connectivity index (χ1v) is 12.9. The maximum atomic E-state index is 6.85. The number of hydrogen-bond acceptors (Lipinski definition) is 2. The van der Waals surface area contributed by atoms with Crippen LogP contribution in [0.5, 0.6) is 0 Å². The zero-order chi connectivity index (χ0) is 15.2. The van der Waals surface area contributed by atoms with E-state index in [1.54, 1.807) is 4.91 Å². The summed E-state index contributed by atoms with van der Waals surface area (Å²) in [5.74, 6) is 0.634. The molecule has 0 aromatic heterocycles. The summed E-state index contributed by atoms with van der Waals surface area (Å²) in [5, 5.41) is 0. The number of hydrogen-bond donors (Lipinski definition) is 0. The molecule has 1 saturated carbocycles. The largest absolute Gasteiger partial charge is 0.412 e. The molecule has 0 unspecified atom stereocenters. The van der Waals surface area contributed by atoms with Gasteiger partial charge in [0.1, 0.15) is 0 Å². The van der Waals surface area contributed by atoms with Gasteiger partial charge in [0.15, 0.2) is 8.32 Å². The Morgan fingerprint density at radius 2 is 2.05 bits per heavy atom. The van der Waals surface area contributed by atoms with Gasteiger partial charge in [0.05, 0.1) is 5.60 Å². The van der Waals surface area contributed by atoms with Crippen LogP contribution in [-0.4, -0.2) is 20.2 Å². The Labute approximate surface area is 132 Å². The fraction of sp³-hybridized carbons (Fsp3) is 0.882. The van der Waals surface area contributed by atoms with Gasteiger partial charge in [0, 0.05) is 5.92 Å². The second-order valence-electron chi connectivity index (χ2n) is 7.08. The Morgan fingerprint density at radius 1 is 1.35 bits per heavy atom. The monoisotopic (exact) mass is 314 g/mol. The summed E-state index contributed by atoms with van der Waals surface area (Å²) in [6.45, 7) is 11.5. The minimum absolute atomic E-state index is 0.129. The van der Waals surface area contributed by atoms with E-state index in [-0.39, 0.29) is 5.60 Å². The first-order valence-electron chi connectivity index (χ1n) is 8.29. The lowest BCUT2D eigenvalue weighted by Crippen LogP contribution is -2.50. The van der Waals surface area contributed by atoms with Crippen molar-refractivity contribution in [1.82, 2.24) is 0 Å². The van der Waals surface area contributed by atoms with E-state index < -0.39 is 8.32 Å². The van der Waals surface area contributed by atoms with Gasteiger partial charge in [-0.25, -0.2) is 0 Å². The van der Waals surface area contributed by atoms with E-state index in [9.17, 15) is 0 Å². The molecule has 0 aliphatic heterocycles. The molecule has 0 spiro atoms.